The summed E-state index contributed by atoms with van der Waals surface area (Å²) in [5.74, 6) is 1.28. The van der Waals surface area contributed by atoms with E-state index >= 15 is 0 Å². The molecule has 4 N–H and O–H groups in total. The molecule has 0 aromatic heterocycles. The molecule has 0 radical (unpaired) electrons. The zero-order valence-electron chi connectivity index (χ0n) is 39.4. The fourth-order valence-corrected chi connectivity index (χ4v) is 6.33. The highest BCUT2D eigenvalue weighted by atomic mass is 79.9. The number of benzene rings is 2. The highest BCUT2D eigenvalue weighted by Gasteiger charge is 2.36. The normalized spacial score (nSPS) is 13.1. The number of methoxy groups -OCH3 is 2. The van der Waals surface area contributed by atoms with Crippen LogP contribution >= 0.6 is 15.9 Å². The van der Waals surface area contributed by atoms with Crippen molar-refractivity contribution in [2.24, 2.45) is 11.8 Å². The number of halogens is 1. The summed E-state index contributed by atoms with van der Waals surface area (Å²) in [5.41, 5.74) is 2.34. The Morgan fingerprint density at radius 3 is 1.48 bits per heavy atom. The number of hydrogen-bond acceptors (Lipinski definition) is 15. The first kappa shape index (κ1) is 64.1. The van der Waals surface area contributed by atoms with Gasteiger partial charge in [-0.3, -0.25) is 0 Å². The first-order valence-electron chi connectivity index (χ1n) is 22.3. The van der Waals surface area contributed by atoms with Gasteiger partial charge in [0, 0.05) is 57.1 Å². The van der Waals surface area contributed by atoms with Crippen LogP contribution in [0.2, 0.25) is 0 Å². The van der Waals surface area contributed by atoms with E-state index in [1.165, 1.54) is 12.8 Å². The summed E-state index contributed by atoms with van der Waals surface area (Å²) in [6.07, 6.45) is 4.52. The van der Waals surface area contributed by atoms with Crippen LogP contribution in [0.4, 0.5) is 0 Å². The highest BCUT2D eigenvalue weighted by molar-refractivity contribution is 9.09. The van der Waals surface area contributed by atoms with Gasteiger partial charge in [0.1, 0.15) is 24.7 Å². The van der Waals surface area contributed by atoms with Gasteiger partial charge < -0.3 is 63.1 Å². The SMILES string of the molecule is C.C1CCOC1.COCCOCCOCCOc1ccc(C(C#N)(CCCO)C(C)C)cc1CO.COCCOCCOCCOc1ccc(C(C#N)C(C)C)cc1CO.OCCCBr. The summed E-state index contributed by atoms with van der Waals surface area (Å²) >= 11 is 3.15. The molecule has 0 aliphatic carbocycles. The van der Waals surface area contributed by atoms with Gasteiger partial charge in [-0.15, -0.1) is 0 Å². The zero-order valence-corrected chi connectivity index (χ0v) is 41.0. The minimum Gasteiger partial charge on any atom is -0.491 e. The summed E-state index contributed by atoms with van der Waals surface area (Å²) in [6.45, 7) is 15.8. The van der Waals surface area contributed by atoms with E-state index in [2.05, 4.69) is 28.1 Å². The minimum atomic E-state index is -0.711. The van der Waals surface area contributed by atoms with Crippen molar-refractivity contribution in [2.45, 2.75) is 91.8 Å². The zero-order chi connectivity index (χ0) is 47.7. The van der Waals surface area contributed by atoms with Crippen LogP contribution in [0.15, 0.2) is 36.4 Å². The molecular formula is C49H83BrN2O13. The maximum atomic E-state index is 9.89. The van der Waals surface area contributed by atoms with E-state index < -0.39 is 5.41 Å². The largest absolute Gasteiger partial charge is 0.491 e. The fraction of sp³-hybridized carbons (Fsp3) is 0.714. The van der Waals surface area contributed by atoms with Crippen LogP contribution in [0.3, 0.4) is 0 Å². The number of aliphatic hydroxyl groups excluding tert-OH is 4. The molecule has 1 heterocycles. The van der Waals surface area contributed by atoms with E-state index in [1.54, 1.807) is 20.3 Å². The quantitative estimate of drug-likeness (QED) is 0.0438. The summed E-state index contributed by atoms with van der Waals surface area (Å²) in [5, 5.41) is 56.7. The Morgan fingerprint density at radius 2 is 1.12 bits per heavy atom. The Bertz CT molecular complexity index is 1480. The Balaban J connectivity index is 0. The van der Waals surface area contributed by atoms with Crippen LogP contribution in [0.5, 0.6) is 11.5 Å². The van der Waals surface area contributed by atoms with Gasteiger partial charge in [0.2, 0.25) is 0 Å². The topological polar surface area (TPSA) is 212 Å². The van der Waals surface area contributed by atoms with Crippen molar-refractivity contribution in [1.29, 1.82) is 10.5 Å². The second kappa shape index (κ2) is 43.6. The van der Waals surface area contributed by atoms with Crippen molar-refractivity contribution in [3.05, 3.63) is 58.7 Å². The van der Waals surface area contributed by atoms with Crippen molar-refractivity contribution in [3.8, 4) is 23.6 Å². The Kier molecular flexibility index (Phi) is 43.0. The Hall–Kier alpha value is -2.94. The van der Waals surface area contributed by atoms with Gasteiger partial charge in [0.05, 0.1) is 103 Å². The molecule has 2 unspecified atom stereocenters. The molecule has 2 atom stereocenters. The second-order valence-corrected chi connectivity index (χ2v) is 15.9. The lowest BCUT2D eigenvalue weighted by molar-refractivity contribution is 0.0178. The van der Waals surface area contributed by atoms with Gasteiger partial charge in [-0.2, -0.15) is 10.5 Å². The predicted octanol–water partition coefficient (Wildman–Crippen LogP) is 7.12. The van der Waals surface area contributed by atoms with Gasteiger partial charge in [0.15, 0.2) is 0 Å². The molecule has 1 aliphatic heterocycles. The Morgan fingerprint density at radius 1 is 0.662 bits per heavy atom. The number of rotatable bonds is 31. The van der Waals surface area contributed by atoms with Crippen LogP contribution in [0.1, 0.15) is 95.4 Å². The first-order chi connectivity index (χ1) is 31.1. The van der Waals surface area contributed by atoms with E-state index in [1.807, 2.05) is 58.0 Å². The molecule has 0 bridgehead atoms. The van der Waals surface area contributed by atoms with Gasteiger partial charge in [-0.05, 0) is 79.3 Å². The summed E-state index contributed by atoms with van der Waals surface area (Å²) in [4.78, 5) is 0. The van der Waals surface area contributed by atoms with E-state index in [0.29, 0.717) is 121 Å². The van der Waals surface area contributed by atoms with Crippen LogP contribution in [-0.2, 0) is 51.8 Å². The lowest BCUT2D eigenvalue weighted by Crippen LogP contribution is -2.31. The number of aliphatic hydroxyl groups is 4. The van der Waals surface area contributed by atoms with E-state index in [-0.39, 0.29) is 45.0 Å². The Labute approximate surface area is 399 Å². The van der Waals surface area contributed by atoms with E-state index in [0.717, 1.165) is 36.1 Å². The number of nitriles is 2. The molecule has 15 nitrogen and oxygen atoms in total. The summed E-state index contributed by atoms with van der Waals surface area (Å²) in [7, 11) is 3.26. The van der Waals surface area contributed by atoms with Crippen LogP contribution < -0.4 is 9.47 Å². The lowest BCUT2D eigenvalue weighted by Gasteiger charge is -2.32. The minimum absolute atomic E-state index is 0. The molecule has 2 aromatic rings. The molecule has 0 amide bonds. The summed E-state index contributed by atoms with van der Waals surface area (Å²) < 4.78 is 47.6. The molecule has 374 valence electrons. The molecule has 2 aromatic carbocycles. The van der Waals surface area contributed by atoms with Crippen molar-refractivity contribution in [2.75, 3.05) is 125 Å². The molecule has 16 heteroatoms. The molecule has 1 saturated heterocycles. The third-order valence-corrected chi connectivity index (χ3v) is 10.3. The molecule has 65 heavy (non-hydrogen) atoms. The molecular weight excluding hydrogens is 904 g/mol. The average molecular weight is 988 g/mol. The van der Waals surface area contributed by atoms with Crippen molar-refractivity contribution >= 4 is 15.9 Å². The van der Waals surface area contributed by atoms with Crippen molar-refractivity contribution in [3.63, 3.8) is 0 Å². The number of alkyl halides is 1. The van der Waals surface area contributed by atoms with E-state index in [9.17, 15) is 25.8 Å². The van der Waals surface area contributed by atoms with Crippen LogP contribution in [-0.4, -0.2) is 146 Å². The second-order valence-electron chi connectivity index (χ2n) is 15.1. The molecule has 1 aliphatic rings. The van der Waals surface area contributed by atoms with Crippen LogP contribution in [0, 0.1) is 34.5 Å². The predicted molar refractivity (Wildman–Crippen MR) is 257 cm³/mol. The molecule has 3 rings (SSSR count). The van der Waals surface area contributed by atoms with Crippen molar-refractivity contribution in [1.82, 2.24) is 0 Å². The maximum absolute atomic E-state index is 9.89. The number of hydrogen-bond donors (Lipinski definition) is 4. The number of ether oxygens (including phenoxy) is 9. The van der Waals surface area contributed by atoms with Gasteiger partial charge in [-0.1, -0.05) is 63.2 Å². The van der Waals surface area contributed by atoms with Crippen molar-refractivity contribution < 1.29 is 63.1 Å². The third-order valence-electron chi connectivity index (χ3n) is 9.78. The monoisotopic (exact) mass is 987 g/mol. The van der Waals surface area contributed by atoms with Gasteiger partial charge in [-0.25, -0.2) is 0 Å². The fourth-order valence-electron chi connectivity index (χ4n) is 6.08. The van der Waals surface area contributed by atoms with Gasteiger partial charge in [0.25, 0.3) is 0 Å². The molecule has 0 saturated carbocycles. The lowest BCUT2D eigenvalue weighted by atomic mass is 9.69. The molecule has 0 spiro atoms. The molecule has 1 fully saturated rings. The first-order valence-corrected chi connectivity index (χ1v) is 23.4. The number of nitrogens with zero attached hydrogens (tertiary/aromatic N) is 2. The van der Waals surface area contributed by atoms with E-state index in [4.69, 9.17) is 47.7 Å². The standard InChI is InChI=1S/C22H35NO6.C19H29NO5.C4H8O.C3H7BrO.CH4/c1-18(2)22(17-23,7-4-8-24)20-5-6-21(19(15-20)16-25)29-14-13-28-12-11-27-10-9-26-3;1-15(2)18(13-20)16-4-5-19(17(12-16)14-21)25-11-10-24-9-8-23-7-6-22-3;1-2-4-5-3-1;4-2-1-3-5;/h5-6,15,18,24-25H,4,7-14,16H2,1-3H3;4-5,12,15,18,21H,6-11,14H2,1-3H3;1-4H2;5H,1-3H2;1H4. The maximum Gasteiger partial charge on any atom is 0.124 e. The van der Waals surface area contributed by atoms with Crippen LogP contribution in [0.25, 0.3) is 0 Å². The summed E-state index contributed by atoms with van der Waals surface area (Å²) in [6, 6.07) is 15.8. The third kappa shape index (κ3) is 28.8. The van der Waals surface area contributed by atoms with Gasteiger partial charge >= 0.3 is 0 Å². The highest BCUT2D eigenvalue weighted by Crippen LogP contribution is 2.38. The smallest absolute Gasteiger partial charge is 0.124 e. The average Bonchev–Trinajstić information content (AvgIpc) is 3.90.